The van der Waals surface area contributed by atoms with E-state index < -0.39 is 0 Å². The Kier molecular flexibility index (Phi) is 3.83. The summed E-state index contributed by atoms with van der Waals surface area (Å²) in [6.45, 7) is 4.84. The van der Waals surface area contributed by atoms with E-state index in [9.17, 15) is 9.59 Å². The lowest BCUT2D eigenvalue weighted by Crippen LogP contribution is -2.39. The molecule has 4 nitrogen and oxygen atoms in total. The number of carbonyl (C=O) groups excluding carboxylic acids is 2. The van der Waals surface area contributed by atoms with Crippen molar-refractivity contribution in [1.29, 1.82) is 0 Å². The zero-order valence-corrected chi connectivity index (χ0v) is 14.7. The van der Waals surface area contributed by atoms with Crippen LogP contribution in [0.5, 0.6) is 0 Å². The number of rotatable bonds is 2. The van der Waals surface area contributed by atoms with Crippen molar-refractivity contribution in [3.8, 4) is 0 Å². The molecule has 0 aliphatic carbocycles. The average Bonchev–Trinajstić information content (AvgIpc) is 2.60. The van der Waals surface area contributed by atoms with Gasteiger partial charge in [-0.3, -0.25) is 9.59 Å². The molecule has 2 aromatic rings. The highest BCUT2D eigenvalue weighted by Gasteiger charge is 2.30. The molecule has 4 heteroatoms. The molecule has 0 unspecified atom stereocenters. The standard InChI is InChI=1S/C21H22N2O2/c1-13-5-7-18(14(2)10-13)22-21(25)17-11-15-4-3-9-23-19(24)8-6-16(12-17)20(15)23/h5,7,10-12H,3-4,6,8-9H2,1-2H3,(H,22,25). The van der Waals surface area contributed by atoms with Gasteiger partial charge in [-0.1, -0.05) is 17.7 Å². The van der Waals surface area contributed by atoms with Gasteiger partial charge in [0.25, 0.3) is 5.91 Å². The molecule has 2 heterocycles. The number of aryl methyl sites for hydroxylation is 4. The van der Waals surface area contributed by atoms with E-state index in [0.717, 1.165) is 53.9 Å². The van der Waals surface area contributed by atoms with Crippen LogP contribution >= 0.6 is 0 Å². The molecule has 25 heavy (non-hydrogen) atoms. The van der Waals surface area contributed by atoms with E-state index in [-0.39, 0.29) is 11.8 Å². The van der Waals surface area contributed by atoms with Gasteiger partial charge in [-0.25, -0.2) is 0 Å². The Labute approximate surface area is 147 Å². The summed E-state index contributed by atoms with van der Waals surface area (Å²) in [5.41, 5.74) is 7.09. The number of nitrogens with zero attached hydrogens (tertiary/aromatic N) is 1. The lowest BCUT2D eigenvalue weighted by atomic mass is 9.89. The predicted octanol–water partition coefficient (Wildman–Crippen LogP) is 3.78. The number of benzene rings is 2. The van der Waals surface area contributed by atoms with E-state index in [0.29, 0.717) is 12.0 Å². The van der Waals surface area contributed by atoms with Crippen molar-refractivity contribution in [3.63, 3.8) is 0 Å². The Morgan fingerprint density at radius 3 is 2.56 bits per heavy atom. The van der Waals surface area contributed by atoms with Crippen LogP contribution in [0, 0.1) is 13.8 Å². The van der Waals surface area contributed by atoms with Gasteiger partial charge in [0.05, 0.1) is 5.69 Å². The first kappa shape index (κ1) is 15.9. The first-order valence-electron chi connectivity index (χ1n) is 8.88. The van der Waals surface area contributed by atoms with Gasteiger partial charge in [0.15, 0.2) is 0 Å². The van der Waals surface area contributed by atoms with Crippen LogP contribution in [0.15, 0.2) is 30.3 Å². The molecular weight excluding hydrogens is 312 g/mol. The molecule has 2 amide bonds. The van der Waals surface area contributed by atoms with Crippen LogP contribution < -0.4 is 10.2 Å². The fourth-order valence-electron chi connectivity index (χ4n) is 3.93. The second-order valence-electron chi connectivity index (χ2n) is 7.06. The third-order valence-corrected chi connectivity index (χ3v) is 5.17. The normalized spacial score (nSPS) is 15.8. The zero-order chi connectivity index (χ0) is 17.6. The van der Waals surface area contributed by atoms with Gasteiger partial charge in [-0.15, -0.1) is 0 Å². The van der Waals surface area contributed by atoms with Crippen molar-refractivity contribution in [2.24, 2.45) is 0 Å². The number of amides is 2. The van der Waals surface area contributed by atoms with Crippen molar-refractivity contribution >= 4 is 23.2 Å². The van der Waals surface area contributed by atoms with Crippen LogP contribution in [0.1, 0.15) is 45.5 Å². The van der Waals surface area contributed by atoms with Gasteiger partial charge >= 0.3 is 0 Å². The third-order valence-electron chi connectivity index (χ3n) is 5.17. The van der Waals surface area contributed by atoms with Crippen LogP contribution in [-0.4, -0.2) is 18.4 Å². The average molecular weight is 334 g/mol. The summed E-state index contributed by atoms with van der Waals surface area (Å²) in [5.74, 6) is 0.126. The third kappa shape index (κ3) is 2.82. The summed E-state index contributed by atoms with van der Waals surface area (Å²) in [6.07, 6.45) is 3.15. The van der Waals surface area contributed by atoms with Crippen molar-refractivity contribution in [3.05, 3.63) is 58.1 Å². The van der Waals surface area contributed by atoms with Gasteiger partial charge < -0.3 is 10.2 Å². The molecule has 0 bridgehead atoms. The largest absolute Gasteiger partial charge is 0.322 e. The monoisotopic (exact) mass is 334 g/mol. The molecule has 0 saturated carbocycles. The Bertz CT molecular complexity index is 868. The van der Waals surface area contributed by atoms with Gasteiger partial charge in [-0.05, 0) is 68.0 Å². The minimum absolute atomic E-state index is 0.0833. The highest BCUT2D eigenvalue weighted by Crippen LogP contribution is 2.36. The van der Waals surface area contributed by atoms with E-state index in [1.807, 2.05) is 43.0 Å². The van der Waals surface area contributed by atoms with E-state index in [1.165, 1.54) is 5.56 Å². The maximum Gasteiger partial charge on any atom is 0.255 e. The summed E-state index contributed by atoms with van der Waals surface area (Å²) in [4.78, 5) is 26.8. The molecule has 0 saturated heterocycles. The van der Waals surface area contributed by atoms with E-state index in [2.05, 4.69) is 11.4 Å². The molecule has 2 aliphatic heterocycles. The van der Waals surface area contributed by atoms with Gasteiger partial charge in [0, 0.05) is 24.2 Å². The van der Waals surface area contributed by atoms with Crippen molar-refractivity contribution in [1.82, 2.24) is 0 Å². The van der Waals surface area contributed by atoms with Crippen LogP contribution in [0.2, 0.25) is 0 Å². The molecule has 0 spiro atoms. The number of hydrogen-bond acceptors (Lipinski definition) is 2. The SMILES string of the molecule is Cc1ccc(NC(=O)c2cc3c4c(c2)CCC(=O)N4CCC3)c(C)c1. The molecule has 1 N–H and O–H groups in total. The highest BCUT2D eigenvalue weighted by atomic mass is 16.2. The second kappa shape index (κ2) is 6.03. The predicted molar refractivity (Wildman–Crippen MR) is 99.3 cm³/mol. The number of carbonyl (C=O) groups is 2. The first-order valence-corrected chi connectivity index (χ1v) is 8.88. The molecule has 0 aromatic heterocycles. The Hall–Kier alpha value is -2.62. The molecule has 2 aromatic carbocycles. The zero-order valence-electron chi connectivity index (χ0n) is 14.7. The lowest BCUT2D eigenvalue weighted by molar-refractivity contribution is -0.119. The highest BCUT2D eigenvalue weighted by molar-refractivity contribution is 6.06. The second-order valence-corrected chi connectivity index (χ2v) is 7.06. The fraction of sp³-hybridized carbons (Fsp3) is 0.333. The minimum atomic E-state index is -0.0833. The van der Waals surface area contributed by atoms with E-state index >= 15 is 0 Å². The van der Waals surface area contributed by atoms with Crippen molar-refractivity contribution in [2.45, 2.75) is 39.5 Å². The minimum Gasteiger partial charge on any atom is -0.322 e. The van der Waals surface area contributed by atoms with Crippen LogP contribution in [0.25, 0.3) is 0 Å². The number of hydrogen-bond donors (Lipinski definition) is 1. The lowest BCUT2D eigenvalue weighted by Gasteiger charge is -2.35. The van der Waals surface area contributed by atoms with Crippen LogP contribution in [0.3, 0.4) is 0 Å². The maximum atomic E-state index is 12.8. The molecule has 128 valence electrons. The quantitative estimate of drug-likeness (QED) is 0.908. The number of anilines is 2. The summed E-state index contributed by atoms with van der Waals surface area (Å²) >= 11 is 0. The summed E-state index contributed by atoms with van der Waals surface area (Å²) in [7, 11) is 0. The summed E-state index contributed by atoms with van der Waals surface area (Å²) in [5, 5.41) is 3.03. The first-order chi connectivity index (χ1) is 12.0. The van der Waals surface area contributed by atoms with Crippen LogP contribution in [0.4, 0.5) is 11.4 Å². The summed E-state index contributed by atoms with van der Waals surface area (Å²) in [6, 6.07) is 9.94. The molecule has 2 aliphatic rings. The van der Waals surface area contributed by atoms with E-state index in [1.54, 1.807) is 0 Å². The molecule has 0 atom stereocenters. The van der Waals surface area contributed by atoms with Crippen LogP contribution in [-0.2, 0) is 17.6 Å². The molecular formula is C21H22N2O2. The molecule has 4 rings (SSSR count). The fourth-order valence-corrected chi connectivity index (χ4v) is 3.93. The van der Waals surface area contributed by atoms with Gasteiger partial charge in [-0.2, -0.15) is 0 Å². The summed E-state index contributed by atoms with van der Waals surface area (Å²) < 4.78 is 0. The van der Waals surface area contributed by atoms with Crippen molar-refractivity contribution < 1.29 is 9.59 Å². The van der Waals surface area contributed by atoms with Gasteiger partial charge in [0.2, 0.25) is 5.91 Å². The Morgan fingerprint density at radius 1 is 1.04 bits per heavy atom. The van der Waals surface area contributed by atoms with Crippen molar-refractivity contribution in [2.75, 3.05) is 16.8 Å². The molecule has 0 fully saturated rings. The topological polar surface area (TPSA) is 49.4 Å². The smallest absolute Gasteiger partial charge is 0.255 e. The van der Waals surface area contributed by atoms with E-state index in [4.69, 9.17) is 0 Å². The Balaban J connectivity index is 1.67. The maximum absolute atomic E-state index is 12.8. The van der Waals surface area contributed by atoms with Gasteiger partial charge in [0.1, 0.15) is 0 Å². The Morgan fingerprint density at radius 2 is 1.80 bits per heavy atom. The molecule has 0 radical (unpaired) electrons. The number of nitrogens with one attached hydrogen (secondary N) is 1.